The lowest BCUT2D eigenvalue weighted by atomic mass is 10.2. The van der Waals surface area contributed by atoms with E-state index in [2.05, 4.69) is 5.32 Å². The molecule has 0 atom stereocenters. The fourth-order valence-corrected chi connectivity index (χ4v) is 2.30. The van der Waals surface area contributed by atoms with Crippen molar-refractivity contribution in [3.05, 3.63) is 59.9 Å². The van der Waals surface area contributed by atoms with Gasteiger partial charge in [-0.15, -0.1) is 0 Å². The van der Waals surface area contributed by atoms with Crippen molar-refractivity contribution in [3.8, 4) is 0 Å². The van der Waals surface area contributed by atoms with E-state index in [0.717, 1.165) is 5.56 Å². The lowest BCUT2D eigenvalue weighted by molar-refractivity contribution is 0.220. The Morgan fingerprint density at radius 1 is 1.12 bits per heavy atom. The van der Waals surface area contributed by atoms with Gasteiger partial charge in [-0.1, -0.05) is 30.3 Å². The molecular formula is C19H24FN3O. The molecule has 128 valence electrons. The van der Waals surface area contributed by atoms with Gasteiger partial charge >= 0.3 is 6.03 Å². The number of carbonyl (C=O) groups is 1. The molecule has 0 fully saturated rings. The molecule has 0 aromatic heterocycles. The Morgan fingerprint density at radius 3 is 2.38 bits per heavy atom. The number of rotatable bonds is 5. The van der Waals surface area contributed by atoms with Crippen LogP contribution >= 0.6 is 0 Å². The van der Waals surface area contributed by atoms with Crippen LogP contribution in [0.5, 0.6) is 0 Å². The molecule has 0 aliphatic heterocycles. The third kappa shape index (κ3) is 4.47. The molecule has 2 rings (SSSR count). The molecule has 0 aliphatic carbocycles. The van der Waals surface area contributed by atoms with Gasteiger partial charge < -0.3 is 15.1 Å². The van der Waals surface area contributed by atoms with Crippen molar-refractivity contribution in [1.82, 2.24) is 4.90 Å². The van der Waals surface area contributed by atoms with Crippen LogP contribution in [0.2, 0.25) is 0 Å². The second-order valence-corrected chi connectivity index (χ2v) is 6.14. The number of nitrogens with one attached hydrogen (secondary N) is 1. The van der Waals surface area contributed by atoms with Crippen molar-refractivity contribution >= 4 is 17.4 Å². The van der Waals surface area contributed by atoms with E-state index in [-0.39, 0.29) is 17.9 Å². The van der Waals surface area contributed by atoms with Crippen molar-refractivity contribution in [3.63, 3.8) is 0 Å². The third-order valence-corrected chi connectivity index (χ3v) is 3.96. The van der Waals surface area contributed by atoms with Crippen molar-refractivity contribution in [1.29, 1.82) is 0 Å². The lowest BCUT2D eigenvalue weighted by Gasteiger charge is -2.24. The number of anilines is 2. The molecule has 0 aliphatic rings. The normalized spacial score (nSPS) is 10.6. The number of hydrogen-bond acceptors (Lipinski definition) is 2. The van der Waals surface area contributed by atoms with Gasteiger partial charge in [0.05, 0.1) is 5.69 Å². The Labute approximate surface area is 142 Å². The molecular weight excluding hydrogens is 305 g/mol. The quantitative estimate of drug-likeness (QED) is 0.886. The average Bonchev–Trinajstić information content (AvgIpc) is 2.55. The highest BCUT2D eigenvalue weighted by atomic mass is 19.1. The highest BCUT2D eigenvalue weighted by molar-refractivity contribution is 5.89. The van der Waals surface area contributed by atoms with Crippen molar-refractivity contribution in [2.75, 3.05) is 24.3 Å². The predicted octanol–water partition coefficient (Wildman–Crippen LogP) is 4.33. The fourth-order valence-electron chi connectivity index (χ4n) is 2.30. The molecule has 0 heterocycles. The Kier molecular flexibility index (Phi) is 5.79. The first-order valence-electron chi connectivity index (χ1n) is 7.97. The molecule has 4 nitrogen and oxygen atoms in total. The Balaban J connectivity index is 2.02. The second kappa shape index (κ2) is 7.81. The molecule has 1 N–H and O–H groups in total. The highest BCUT2D eigenvalue weighted by Gasteiger charge is 2.13. The maximum Gasteiger partial charge on any atom is 0.321 e. The number of halogens is 1. The van der Waals surface area contributed by atoms with Gasteiger partial charge in [-0.3, -0.25) is 0 Å². The van der Waals surface area contributed by atoms with Crippen LogP contribution < -0.4 is 10.2 Å². The Bertz CT molecular complexity index is 688. The molecule has 2 aromatic carbocycles. The van der Waals surface area contributed by atoms with Crippen LogP contribution in [0.3, 0.4) is 0 Å². The van der Waals surface area contributed by atoms with Crippen molar-refractivity contribution in [2.24, 2.45) is 0 Å². The van der Waals surface area contributed by atoms with E-state index in [4.69, 9.17) is 0 Å². The van der Waals surface area contributed by atoms with Gasteiger partial charge in [0.1, 0.15) is 5.82 Å². The van der Waals surface area contributed by atoms with E-state index >= 15 is 0 Å². The van der Waals surface area contributed by atoms with Crippen molar-refractivity contribution in [2.45, 2.75) is 26.4 Å². The zero-order chi connectivity index (χ0) is 17.7. The van der Waals surface area contributed by atoms with Crippen LogP contribution in [-0.2, 0) is 6.54 Å². The summed E-state index contributed by atoms with van der Waals surface area (Å²) in [6, 6.07) is 14.4. The van der Waals surface area contributed by atoms with E-state index < -0.39 is 0 Å². The summed E-state index contributed by atoms with van der Waals surface area (Å²) in [5, 5.41) is 2.73. The number of urea groups is 1. The van der Waals surface area contributed by atoms with Crippen LogP contribution in [0.25, 0.3) is 0 Å². The molecule has 5 heteroatoms. The van der Waals surface area contributed by atoms with E-state index in [9.17, 15) is 9.18 Å². The molecule has 0 saturated carbocycles. The van der Waals surface area contributed by atoms with Gasteiger partial charge in [-0.05, 0) is 37.6 Å². The van der Waals surface area contributed by atoms with Gasteiger partial charge in [0.25, 0.3) is 0 Å². The smallest absolute Gasteiger partial charge is 0.321 e. The van der Waals surface area contributed by atoms with Gasteiger partial charge in [0, 0.05) is 32.4 Å². The number of amides is 2. The molecule has 24 heavy (non-hydrogen) atoms. The summed E-state index contributed by atoms with van der Waals surface area (Å²) in [5.74, 6) is -0.352. The van der Waals surface area contributed by atoms with Crippen LogP contribution in [0.15, 0.2) is 48.5 Å². The molecule has 0 spiro atoms. The summed E-state index contributed by atoms with van der Waals surface area (Å²) < 4.78 is 14.3. The summed E-state index contributed by atoms with van der Waals surface area (Å²) in [6.07, 6.45) is 0. The van der Waals surface area contributed by atoms with Crippen molar-refractivity contribution < 1.29 is 9.18 Å². The topological polar surface area (TPSA) is 35.6 Å². The van der Waals surface area contributed by atoms with Crippen LogP contribution in [0, 0.1) is 5.82 Å². The van der Waals surface area contributed by atoms with Crippen LogP contribution in [0.1, 0.15) is 19.4 Å². The summed E-state index contributed by atoms with van der Waals surface area (Å²) in [6.45, 7) is 4.48. The summed E-state index contributed by atoms with van der Waals surface area (Å²) in [4.78, 5) is 15.6. The molecule has 0 bridgehead atoms. The van der Waals surface area contributed by atoms with E-state index in [1.807, 2.05) is 56.1 Å². The minimum Gasteiger partial charge on any atom is -0.370 e. The summed E-state index contributed by atoms with van der Waals surface area (Å²) in [7, 11) is 3.55. The third-order valence-electron chi connectivity index (χ3n) is 3.96. The van der Waals surface area contributed by atoms with E-state index in [0.29, 0.717) is 17.9 Å². The molecule has 0 saturated heterocycles. The molecule has 2 amide bonds. The fraction of sp³-hybridized carbons (Fsp3) is 0.316. The minimum atomic E-state index is -0.352. The monoisotopic (exact) mass is 329 g/mol. The zero-order valence-electron chi connectivity index (χ0n) is 14.6. The lowest BCUT2D eigenvalue weighted by Crippen LogP contribution is -2.31. The van der Waals surface area contributed by atoms with Crippen LogP contribution in [-0.4, -0.2) is 31.1 Å². The Morgan fingerprint density at radius 2 is 1.79 bits per heavy atom. The van der Waals surface area contributed by atoms with Gasteiger partial charge in [0.2, 0.25) is 0 Å². The van der Waals surface area contributed by atoms with E-state index in [1.165, 1.54) is 6.07 Å². The molecule has 0 unspecified atom stereocenters. The maximum atomic E-state index is 14.3. The number of benzene rings is 2. The minimum absolute atomic E-state index is 0.192. The van der Waals surface area contributed by atoms with Gasteiger partial charge in [-0.25, -0.2) is 9.18 Å². The number of nitrogens with zero attached hydrogens (tertiary/aromatic N) is 2. The first-order valence-corrected chi connectivity index (χ1v) is 7.97. The van der Waals surface area contributed by atoms with Gasteiger partial charge in [-0.2, -0.15) is 0 Å². The SMILES string of the molecule is CC(C)N(C)c1ccc(NC(=O)N(C)Cc2ccccc2)cc1F. The largest absolute Gasteiger partial charge is 0.370 e. The van der Waals surface area contributed by atoms with Gasteiger partial charge in [0.15, 0.2) is 0 Å². The zero-order valence-corrected chi connectivity index (χ0v) is 14.6. The highest BCUT2D eigenvalue weighted by Crippen LogP contribution is 2.23. The number of carbonyl (C=O) groups excluding carboxylic acids is 1. The first-order chi connectivity index (χ1) is 11.4. The molecule has 0 radical (unpaired) electrons. The first kappa shape index (κ1) is 17.8. The maximum absolute atomic E-state index is 14.3. The number of hydrogen-bond donors (Lipinski definition) is 1. The molecule has 2 aromatic rings. The predicted molar refractivity (Wildman–Crippen MR) is 96.9 cm³/mol. The summed E-state index contributed by atoms with van der Waals surface area (Å²) >= 11 is 0. The van der Waals surface area contributed by atoms with Crippen LogP contribution in [0.4, 0.5) is 20.6 Å². The standard InChI is InChI=1S/C19H24FN3O/c1-14(2)23(4)18-11-10-16(12-17(18)20)21-19(24)22(3)13-15-8-6-5-7-9-15/h5-12,14H,13H2,1-4H3,(H,21,24). The Hall–Kier alpha value is -2.56. The average molecular weight is 329 g/mol. The summed E-state index contributed by atoms with van der Waals surface area (Å²) in [5.41, 5.74) is 1.99. The van der Waals surface area contributed by atoms with E-state index in [1.54, 1.807) is 24.1 Å². The second-order valence-electron chi connectivity index (χ2n) is 6.14.